The van der Waals surface area contributed by atoms with Gasteiger partial charge in [-0.2, -0.15) is 0 Å². The van der Waals surface area contributed by atoms with Crippen LogP contribution in [0.2, 0.25) is 0 Å². The lowest BCUT2D eigenvalue weighted by molar-refractivity contribution is -0.342. The number of hydrogen-bond acceptors (Lipinski definition) is 12. The van der Waals surface area contributed by atoms with Crippen LogP contribution in [0.25, 0.3) is 0 Å². The normalized spacial score (nSPS) is 56.9. The summed E-state index contributed by atoms with van der Waals surface area (Å²) in [6, 6.07) is 0. The van der Waals surface area contributed by atoms with Crippen LogP contribution in [-0.2, 0) is 19.0 Å². The third-order valence-corrected chi connectivity index (χ3v) is 12.2. The van der Waals surface area contributed by atoms with E-state index in [1.165, 1.54) is 13.0 Å². The van der Waals surface area contributed by atoms with Gasteiger partial charge in [0.1, 0.15) is 24.9 Å². The summed E-state index contributed by atoms with van der Waals surface area (Å²) < 4.78 is 16.7. The van der Waals surface area contributed by atoms with E-state index in [9.17, 15) is 45.6 Å². The van der Waals surface area contributed by atoms with Crippen molar-refractivity contribution in [3.63, 3.8) is 0 Å². The maximum absolute atomic E-state index is 12.4. The summed E-state index contributed by atoms with van der Waals surface area (Å²) in [7, 11) is 0. The van der Waals surface area contributed by atoms with E-state index in [0.29, 0.717) is 19.3 Å². The topological polar surface area (TPSA) is 207 Å². The standard InChI is InChI=1S/C29H44O12/c1-13-22(34)23(35)24(36)25(40-13)41-15-8-19(32)28(12-30)21-17(3-5-27(28,37)9-15)29(38)6-4-16(14-7-20(33)39-11-14)26(29,2)10-18(21)31/h7,13,15-19,21-25,30-32,34-38H,3-6,8-12H2,1-2H3/t13-,15-,16+,17?,18+,19+,21+,22-,23+,24+,25?,26+,27-,28+,29-/m0/s1. The Morgan fingerprint density at radius 3 is 2.41 bits per heavy atom. The molecule has 8 N–H and O–H groups in total. The molecule has 12 heteroatoms. The monoisotopic (exact) mass is 584 g/mol. The molecule has 1 saturated heterocycles. The predicted molar refractivity (Wildman–Crippen MR) is 139 cm³/mol. The van der Waals surface area contributed by atoms with Crippen molar-refractivity contribution in [1.29, 1.82) is 0 Å². The Hall–Kier alpha value is -1.19. The molecule has 0 spiro atoms. The average Bonchev–Trinajstić information content (AvgIpc) is 3.45. The molecule has 15 atom stereocenters. The number of esters is 1. The molecule has 6 aliphatic rings. The number of ether oxygens (including phenoxy) is 3. The van der Waals surface area contributed by atoms with Crippen molar-refractivity contribution in [3.05, 3.63) is 11.6 Å². The summed E-state index contributed by atoms with van der Waals surface area (Å²) in [5.74, 6) is -1.93. The summed E-state index contributed by atoms with van der Waals surface area (Å²) in [6.07, 6.45) is -6.68. The van der Waals surface area contributed by atoms with Crippen LogP contribution in [0, 0.1) is 28.6 Å². The number of aliphatic hydroxyl groups is 8. The number of aliphatic hydroxyl groups excluding tert-OH is 6. The highest BCUT2D eigenvalue weighted by Gasteiger charge is 2.75. The minimum absolute atomic E-state index is 0.0369. The summed E-state index contributed by atoms with van der Waals surface area (Å²) in [5, 5.41) is 89.6. The molecule has 4 saturated carbocycles. The predicted octanol–water partition coefficient (Wildman–Crippen LogP) is -1.51. The first-order chi connectivity index (χ1) is 19.2. The zero-order valence-electron chi connectivity index (χ0n) is 23.5. The van der Waals surface area contributed by atoms with E-state index in [2.05, 4.69) is 0 Å². The van der Waals surface area contributed by atoms with Gasteiger partial charge in [0.15, 0.2) is 6.29 Å². The summed E-state index contributed by atoms with van der Waals surface area (Å²) in [6.45, 7) is 3.00. The van der Waals surface area contributed by atoms with Crippen LogP contribution in [0.4, 0.5) is 0 Å². The average molecular weight is 585 g/mol. The van der Waals surface area contributed by atoms with Gasteiger partial charge in [0.2, 0.25) is 0 Å². The largest absolute Gasteiger partial charge is 0.458 e. The van der Waals surface area contributed by atoms with Crippen molar-refractivity contribution in [3.8, 4) is 0 Å². The molecule has 5 fully saturated rings. The SMILES string of the molecule is C[C@@H]1OC(O[C@H]2C[C@@H](O)[C@]3(CO)[C@@H]4C(CC[C@]3(O)C2)[C@@]2(O)CC[C@H](C3=CC(=O)OC3)[C@@]2(C)C[C@H]4O)[C@H](O)[C@H](O)[C@H]1O. The maximum atomic E-state index is 12.4. The smallest absolute Gasteiger partial charge is 0.331 e. The van der Waals surface area contributed by atoms with Gasteiger partial charge in [0.25, 0.3) is 0 Å². The molecular weight excluding hydrogens is 540 g/mol. The molecule has 232 valence electrons. The van der Waals surface area contributed by atoms with Crippen LogP contribution in [0.3, 0.4) is 0 Å². The van der Waals surface area contributed by atoms with E-state index in [1.807, 2.05) is 6.92 Å². The molecule has 2 unspecified atom stereocenters. The third-order valence-electron chi connectivity index (χ3n) is 12.2. The van der Waals surface area contributed by atoms with Gasteiger partial charge < -0.3 is 55.1 Å². The van der Waals surface area contributed by atoms with Crippen LogP contribution < -0.4 is 0 Å². The van der Waals surface area contributed by atoms with E-state index in [4.69, 9.17) is 14.2 Å². The molecule has 4 aliphatic carbocycles. The maximum Gasteiger partial charge on any atom is 0.331 e. The zero-order chi connectivity index (χ0) is 29.7. The van der Waals surface area contributed by atoms with E-state index in [0.717, 1.165) is 5.57 Å². The first kappa shape index (κ1) is 29.9. The van der Waals surface area contributed by atoms with E-state index in [-0.39, 0.29) is 38.2 Å². The van der Waals surface area contributed by atoms with Gasteiger partial charge in [-0.05, 0) is 56.4 Å². The van der Waals surface area contributed by atoms with E-state index >= 15 is 0 Å². The summed E-state index contributed by atoms with van der Waals surface area (Å²) >= 11 is 0. The summed E-state index contributed by atoms with van der Waals surface area (Å²) in [4.78, 5) is 11.8. The second-order valence-corrected chi connectivity index (χ2v) is 13.8. The highest BCUT2D eigenvalue weighted by atomic mass is 16.7. The number of rotatable bonds is 4. The molecule has 0 aromatic carbocycles. The number of fused-ring (bicyclic) bond motifs is 5. The Bertz CT molecular complexity index is 1080. The van der Waals surface area contributed by atoms with Crippen LogP contribution in [0.15, 0.2) is 11.6 Å². The highest BCUT2D eigenvalue weighted by molar-refractivity contribution is 5.85. The number of hydrogen-bond donors (Lipinski definition) is 8. The first-order valence-corrected chi connectivity index (χ1v) is 14.9. The minimum atomic E-state index is -1.67. The Kier molecular flexibility index (Phi) is 7.22. The number of carbonyl (C=O) groups is 1. The molecule has 41 heavy (non-hydrogen) atoms. The van der Waals surface area contributed by atoms with Crippen molar-refractivity contribution < 1.29 is 59.9 Å². The van der Waals surface area contributed by atoms with Crippen LogP contribution >= 0.6 is 0 Å². The second-order valence-electron chi connectivity index (χ2n) is 13.8. The zero-order valence-corrected chi connectivity index (χ0v) is 23.5. The van der Waals surface area contributed by atoms with Crippen molar-refractivity contribution >= 4 is 5.97 Å². The van der Waals surface area contributed by atoms with E-state index < -0.39 is 95.5 Å². The minimum Gasteiger partial charge on any atom is -0.458 e. The molecule has 0 aromatic heterocycles. The van der Waals surface area contributed by atoms with Crippen molar-refractivity contribution in [2.24, 2.45) is 28.6 Å². The molecule has 0 bridgehead atoms. The summed E-state index contributed by atoms with van der Waals surface area (Å²) in [5.41, 5.74) is -4.46. The quantitative estimate of drug-likeness (QED) is 0.140. The van der Waals surface area contributed by atoms with Crippen LogP contribution in [-0.4, -0.2) is 120 Å². The number of cyclic esters (lactones) is 1. The van der Waals surface area contributed by atoms with Crippen molar-refractivity contribution in [1.82, 2.24) is 0 Å². The van der Waals surface area contributed by atoms with Gasteiger partial charge >= 0.3 is 5.97 Å². The van der Waals surface area contributed by atoms with Crippen molar-refractivity contribution in [2.75, 3.05) is 13.2 Å². The Balaban J connectivity index is 1.28. The molecule has 0 amide bonds. The van der Waals surface area contributed by atoms with Gasteiger partial charge in [-0.15, -0.1) is 0 Å². The molecular formula is C29H44O12. The fourth-order valence-electron chi connectivity index (χ4n) is 10.1. The Labute approximate surface area is 238 Å². The lowest BCUT2D eigenvalue weighted by atomic mass is 9.40. The first-order valence-electron chi connectivity index (χ1n) is 14.9. The third kappa shape index (κ3) is 3.99. The molecule has 2 heterocycles. The van der Waals surface area contributed by atoms with Crippen LogP contribution in [0.5, 0.6) is 0 Å². The lowest BCUT2D eigenvalue weighted by Gasteiger charge is -2.68. The number of carbonyl (C=O) groups excluding carboxylic acids is 1. The molecule has 0 radical (unpaired) electrons. The van der Waals surface area contributed by atoms with Crippen LogP contribution in [0.1, 0.15) is 58.8 Å². The second kappa shape index (κ2) is 9.91. The van der Waals surface area contributed by atoms with Gasteiger partial charge in [-0.1, -0.05) is 6.92 Å². The Morgan fingerprint density at radius 1 is 1.02 bits per heavy atom. The van der Waals surface area contributed by atoms with Gasteiger partial charge in [-0.3, -0.25) is 0 Å². The van der Waals surface area contributed by atoms with Gasteiger partial charge in [0.05, 0.1) is 47.6 Å². The molecule has 12 nitrogen and oxygen atoms in total. The van der Waals surface area contributed by atoms with Gasteiger partial charge in [-0.25, -0.2) is 4.79 Å². The van der Waals surface area contributed by atoms with Crippen molar-refractivity contribution in [2.45, 2.75) is 119 Å². The molecule has 0 aromatic rings. The van der Waals surface area contributed by atoms with E-state index in [1.54, 1.807) is 0 Å². The highest BCUT2D eigenvalue weighted by Crippen LogP contribution is 2.70. The molecule has 2 aliphatic heterocycles. The fourth-order valence-corrected chi connectivity index (χ4v) is 10.1. The fraction of sp³-hybridized carbons (Fsp3) is 0.897. The van der Waals surface area contributed by atoms with Gasteiger partial charge in [0, 0.05) is 30.3 Å². The molecule has 6 rings (SSSR count). The lowest BCUT2D eigenvalue weighted by Crippen LogP contribution is -2.76. The Morgan fingerprint density at radius 2 is 1.76 bits per heavy atom.